The Morgan fingerprint density at radius 3 is 2.87 bits per heavy atom. The number of thiazole rings is 1. The third-order valence-corrected chi connectivity index (χ3v) is 5.95. The van der Waals surface area contributed by atoms with Gasteiger partial charge in [-0.3, -0.25) is 5.43 Å². The molecule has 4 aromatic rings. The molecule has 0 aliphatic rings. The Kier molecular flexibility index (Phi) is 6.03. The summed E-state index contributed by atoms with van der Waals surface area (Å²) in [6, 6.07) is 13.2. The minimum Gasteiger partial charge on any atom is -0.464 e. The summed E-state index contributed by atoms with van der Waals surface area (Å²) in [5, 5.41) is 8.65. The van der Waals surface area contributed by atoms with Crippen molar-refractivity contribution >= 4 is 62.3 Å². The van der Waals surface area contributed by atoms with Crippen molar-refractivity contribution in [3.63, 3.8) is 0 Å². The fourth-order valence-electron chi connectivity index (χ4n) is 2.96. The molecule has 2 N–H and O–H groups in total. The highest BCUT2D eigenvalue weighted by Gasteiger charge is 2.16. The molecule has 4 rings (SSSR count). The molecule has 2 aromatic heterocycles. The van der Waals surface area contributed by atoms with E-state index in [1.54, 1.807) is 12.1 Å². The van der Waals surface area contributed by atoms with Gasteiger partial charge in [0.15, 0.2) is 0 Å². The van der Waals surface area contributed by atoms with E-state index in [1.807, 2.05) is 41.9 Å². The van der Waals surface area contributed by atoms with Crippen molar-refractivity contribution in [2.45, 2.75) is 6.42 Å². The molecule has 152 valence electrons. The van der Waals surface area contributed by atoms with Gasteiger partial charge in [0.1, 0.15) is 5.71 Å². The molecule has 0 saturated carbocycles. The topological polar surface area (TPSA) is 79.4 Å². The van der Waals surface area contributed by atoms with Gasteiger partial charge in [0.25, 0.3) is 0 Å². The summed E-state index contributed by atoms with van der Waals surface area (Å²) in [4.78, 5) is 19.9. The quantitative estimate of drug-likeness (QED) is 0.218. The number of hydrogen-bond acceptors (Lipinski definition) is 6. The molecule has 0 saturated heterocycles. The van der Waals surface area contributed by atoms with E-state index >= 15 is 0 Å². The van der Waals surface area contributed by atoms with Crippen molar-refractivity contribution in [2.24, 2.45) is 5.10 Å². The summed E-state index contributed by atoms with van der Waals surface area (Å²) in [7, 11) is 1.33. The lowest BCUT2D eigenvalue weighted by atomic mass is 10.1. The van der Waals surface area contributed by atoms with Crippen LogP contribution in [0, 0.1) is 0 Å². The minimum atomic E-state index is -0.506. The van der Waals surface area contributed by atoms with Crippen LogP contribution < -0.4 is 5.43 Å². The van der Waals surface area contributed by atoms with E-state index < -0.39 is 5.97 Å². The van der Waals surface area contributed by atoms with Gasteiger partial charge >= 0.3 is 5.97 Å². The zero-order valence-electron chi connectivity index (χ0n) is 15.8. The number of carbonyl (C=O) groups excluding carboxylic acids is 1. The van der Waals surface area contributed by atoms with Crippen LogP contribution in [-0.2, 0) is 16.0 Å². The molecular formula is C21H16Cl2N4O2S. The zero-order chi connectivity index (χ0) is 21.1. The Hall–Kier alpha value is -2.87. The van der Waals surface area contributed by atoms with E-state index in [0.29, 0.717) is 21.6 Å². The van der Waals surface area contributed by atoms with E-state index in [0.717, 1.165) is 27.7 Å². The normalized spacial score (nSPS) is 11.6. The van der Waals surface area contributed by atoms with Gasteiger partial charge in [-0.2, -0.15) is 5.10 Å². The van der Waals surface area contributed by atoms with Gasteiger partial charge < -0.3 is 9.72 Å². The van der Waals surface area contributed by atoms with Crippen LogP contribution in [0.4, 0.5) is 5.13 Å². The summed E-state index contributed by atoms with van der Waals surface area (Å²) in [6.07, 6.45) is 2.18. The van der Waals surface area contributed by atoms with Gasteiger partial charge in [0.05, 0.1) is 22.8 Å². The molecule has 30 heavy (non-hydrogen) atoms. The molecule has 0 aliphatic heterocycles. The van der Waals surface area contributed by atoms with Crippen molar-refractivity contribution in [1.29, 1.82) is 0 Å². The van der Waals surface area contributed by atoms with Crippen LogP contribution in [0.15, 0.2) is 59.1 Å². The van der Waals surface area contributed by atoms with Crippen molar-refractivity contribution < 1.29 is 9.53 Å². The number of nitrogens with one attached hydrogen (secondary N) is 2. The summed E-state index contributed by atoms with van der Waals surface area (Å²) in [6.45, 7) is 0. The first-order valence-electron chi connectivity index (χ1n) is 8.92. The molecular weight excluding hydrogens is 443 g/mol. The predicted octanol–water partition coefficient (Wildman–Crippen LogP) is 5.78. The number of anilines is 1. The molecule has 0 atom stereocenters. The Labute approximate surface area is 186 Å². The minimum absolute atomic E-state index is 0.244. The van der Waals surface area contributed by atoms with Crippen molar-refractivity contribution in [2.75, 3.05) is 12.5 Å². The largest absolute Gasteiger partial charge is 0.464 e. The molecule has 0 bridgehead atoms. The second-order valence-corrected chi connectivity index (χ2v) is 8.04. The monoisotopic (exact) mass is 458 g/mol. The maximum absolute atomic E-state index is 12.2. The number of fused-ring (bicyclic) bond motifs is 1. The second kappa shape index (κ2) is 8.87. The van der Waals surface area contributed by atoms with Gasteiger partial charge in [-0.05, 0) is 23.8 Å². The third-order valence-electron chi connectivity index (χ3n) is 4.46. The summed E-state index contributed by atoms with van der Waals surface area (Å²) in [5.74, 6) is -0.506. The SMILES string of the molecule is COC(=O)/C(Cc1c[nH]c2ccccc12)=N\Nc1nc(-c2ccc(Cl)c(Cl)c2)cs1. The average molecular weight is 459 g/mol. The number of nitrogens with zero attached hydrogens (tertiary/aromatic N) is 2. The number of carbonyl (C=O) groups is 1. The fourth-order valence-corrected chi connectivity index (χ4v) is 3.92. The van der Waals surface area contributed by atoms with E-state index in [9.17, 15) is 4.79 Å². The van der Waals surface area contributed by atoms with Crippen LogP contribution in [0.2, 0.25) is 10.0 Å². The first-order chi connectivity index (χ1) is 14.5. The molecule has 6 nitrogen and oxygen atoms in total. The number of aromatic nitrogens is 2. The van der Waals surface area contributed by atoms with Crippen LogP contribution in [0.5, 0.6) is 0 Å². The van der Waals surface area contributed by atoms with E-state index in [-0.39, 0.29) is 5.71 Å². The maximum Gasteiger partial charge on any atom is 0.354 e. The number of benzene rings is 2. The van der Waals surface area contributed by atoms with Gasteiger partial charge in [0, 0.05) is 34.5 Å². The van der Waals surface area contributed by atoms with Crippen molar-refractivity contribution in [3.05, 3.63) is 69.7 Å². The first-order valence-corrected chi connectivity index (χ1v) is 10.6. The number of aromatic amines is 1. The summed E-state index contributed by atoms with van der Waals surface area (Å²) < 4.78 is 4.90. The summed E-state index contributed by atoms with van der Waals surface area (Å²) >= 11 is 13.4. The lowest BCUT2D eigenvalue weighted by molar-refractivity contribution is -0.132. The van der Waals surface area contributed by atoms with Crippen LogP contribution in [-0.4, -0.2) is 28.8 Å². The highest BCUT2D eigenvalue weighted by molar-refractivity contribution is 7.14. The number of para-hydroxylation sites is 1. The maximum atomic E-state index is 12.2. The van der Waals surface area contributed by atoms with Gasteiger partial charge in [-0.15, -0.1) is 11.3 Å². The number of hydrazone groups is 1. The summed E-state index contributed by atoms with van der Waals surface area (Å²) in [5.41, 5.74) is 6.62. The van der Waals surface area contributed by atoms with Gasteiger partial charge in [-0.1, -0.05) is 47.5 Å². The van der Waals surface area contributed by atoms with Crippen LogP contribution in [0.25, 0.3) is 22.2 Å². The molecule has 2 aromatic carbocycles. The molecule has 0 spiro atoms. The molecule has 0 aliphatic carbocycles. The first kappa shape index (κ1) is 20.4. The van der Waals surface area contributed by atoms with E-state index in [2.05, 4.69) is 20.5 Å². The lowest BCUT2D eigenvalue weighted by Gasteiger charge is -2.04. The Balaban J connectivity index is 1.55. The van der Waals surface area contributed by atoms with Crippen molar-refractivity contribution in [3.8, 4) is 11.3 Å². The Bertz CT molecular complexity index is 1250. The van der Waals surface area contributed by atoms with Gasteiger partial charge in [0.2, 0.25) is 5.13 Å². The Morgan fingerprint density at radius 2 is 2.07 bits per heavy atom. The van der Waals surface area contributed by atoms with E-state index in [1.165, 1.54) is 18.4 Å². The van der Waals surface area contributed by atoms with Crippen molar-refractivity contribution in [1.82, 2.24) is 9.97 Å². The van der Waals surface area contributed by atoms with Crippen LogP contribution in [0.1, 0.15) is 5.56 Å². The highest BCUT2D eigenvalue weighted by atomic mass is 35.5. The Morgan fingerprint density at radius 1 is 1.23 bits per heavy atom. The smallest absolute Gasteiger partial charge is 0.354 e. The molecule has 0 amide bonds. The zero-order valence-corrected chi connectivity index (χ0v) is 18.1. The molecule has 0 fully saturated rings. The number of hydrogen-bond donors (Lipinski definition) is 2. The average Bonchev–Trinajstić information content (AvgIpc) is 3.40. The molecule has 0 unspecified atom stereocenters. The number of rotatable bonds is 6. The predicted molar refractivity (Wildman–Crippen MR) is 123 cm³/mol. The number of H-pyrrole nitrogens is 1. The molecule has 0 radical (unpaired) electrons. The number of esters is 1. The fraction of sp³-hybridized carbons (Fsp3) is 0.0952. The number of methoxy groups -OCH3 is 1. The lowest BCUT2D eigenvalue weighted by Crippen LogP contribution is -2.20. The second-order valence-electron chi connectivity index (χ2n) is 6.36. The van der Waals surface area contributed by atoms with Crippen LogP contribution in [0.3, 0.4) is 0 Å². The standard InChI is InChI=1S/C21H16Cl2N4O2S/c1-29-20(28)18(9-13-10-24-17-5-3-2-4-14(13)17)26-27-21-25-19(11-30-21)12-6-7-15(22)16(23)8-12/h2-8,10-11,24H,9H2,1H3,(H,25,27)/b26-18-. The number of ether oxygens (including phenoxy) is 1. The third kappa shape index (κ3) is 4.33. The van der Waals surface area contributed by atoms with Crippen LogP contribution >= 0.6 is 34.5 Å². The van der Waals surface area contributed by atoms with Gasteiger partial charge in [-0.25, -0.2) is 9.78 Å². The molecule has 2 heterocycles. The highest BCUT2D eigenvalue weighted by Crippen LogP contribution is 2.30. The number of halogens is 2. The molecule has 9 heteroatoms. The van der Waals surface area contributed by atoms with E-state index in [4.69, 9.17) is 27.9 Å².